The molecule has 9 heteroatoms. The quantitative estimate of drug-likeness (QED) is 0.478. The number of likely N-dealkylation sites (tertiary alicyclic amines) is 1. The van der Waals surface area contributed by atoms with E-state index in [-0.39, 0.29) is 26.5 Å². The average molecular weight is 475 g/mol. The number of benzene rings is 2. The summed E-state index contributed by atoms with van der Waals surface area (Å²) in [6.45, 7) is 2.78. The van der Waals surface area contributed by atoms with Gasteiger partial charge in [-0.25, -0.2) is 0 Å². The Hall–Kier alpha value is -3.01. The summed E-state index contributed by atoms with van der Waals surface area (Å²) in [5.41, 5.74) is 0.628. The first-order chi connectivity index (χ1) is 16.5. The van der Waals surface area contributed by atoms with E-state index in [1.807, 2.05) is 4.90 Å². The van der Waals surface area contributed by atoms with Crippen LogP contribution in [0.25, 0.3) is 0 Å². The number of rotatable bonds is 10. The van der Waals surface area contributed by atoms with E-state index < -0.39 is 12.1 Å². The maximum Gasteiger partial charge on any atom is 0.223 e. The van der Waals surface area contributed by atoms with Crippen LogP contribution in [0.2, 0.25) is 0 Å². The van der Waals surface area contributed by atoms with E-state index in [9.17, 15) is 15.0 Å². The molecule has 3 N–H and O–H groups in total. The molecule has 3 atom stereocenters. The molecule has 0 aromatic heterocycles. The fourth-order valence-electron chi connectivity index (χ4n) is 4.17. The maximum absolute atomic E-state index is 12.7. The molecular weight excluding hydrogens is 440 g/mol. The summed E-state index contributed by atoms with van der Waals surface area (Å²) >= 11 is 0. The van der Waals surface area contributed by atoms with Crippen LogP contribution >= 0.6 is 0 Å². The number of aliphatic hydroxyl groups is 2. The van der Waals surface area contributed by atoms with Crippen LogP contribution < -0.4 is 24.3 Å². The average Bonchev–Trinajstić information content (AvgIpc) is 3.27. The molecule has 2 aromatic carbocycles. The Bertz CT molecular complexity index is 959. The smallest absolute Gasteiger partial charge is 0.223 e. The fraction of sp³-hybridized carbons (Fsp3) is 0.480. The lowest BCUT2D eigenvalue weighted by Gasteiger charge is -2.29. The number of ether oxygens (including phenoxy) is 4. The van der Waals surface area contributed by atoms with Crippen molar-refractivity contribution >= 4 is 5.91 Å². The summed E-state index contributed by atoms with van der Waals surface area (Å²) in [5, 5.41) is 24.0. The normalized spacial score (nSPS) is 19.3. The summed E-state index contributed by atoms with van der Waals surface area (Å²) in [4.78, 5) is 14.8. The van der Waals surface area contributed by atoms with Crippen LogP contribution in [0.5, 0.6) is 23.0 Å². The lowest BCUT2D eigenvalue weighted by molar-refractivity contribution is -0.123. The van der Waals surface area contributed by atoms with Gasteiger partial charge in [0.05, 0.1) is 32.3 Å². The number of methoxy groups -OCH3 is 1. The number of nitrogens with one attached hydrogen (secondary N) is 1. The fourth-order valence-corrected chi connectivity index (χ4v) is 4.17. The van der Waals surface area contributed by atoms with Crippen LogP contribution in [0.4, 0.5) is 0 Å². The van der Waals surface area contributed by atoms with Gasteiger partial charge < -0.3 is 34.5 Å². The molecule has 9 nitrogen and oxygen atoms in total. The summed E-state index contributed by atoms with van der Waals surface area (Å²) < 4.78 is 22.0. The highest BCUT2D eigenvalue weighted by Gasteiger charge is 2.29. The molecule has 0 bridgehead atoms. The zero-order valence-corrected chi connectivity index (χ0v) is 19.3. The summed E-state index contributed by atoms with van der Waals surface area (Å²) in [6, 6.07) is 11.9. The van der Waals surface area contributed by atoms with Crippen LogP contribution in [0.3, 0.4) is 0 Å². The number of fused-ring (bicyclic) bond motifs is 1. The second-order valence-corrected chi connectivity index (χ2v) is 8.50. The van der Waals surface area contributed by atoms with Crippen molar-refractivity contribution in [3.63, 3.8) is 0 Å². The lowest BCUT2D eigenvalue weighted by atomic mass is 10.0. The Morgan fingerprint density at radius 3 is 2.62 bits per heavy atom. The molecule has 0 unspecified atom stereocenters. The summed E-state index contributed by atoms with van der Waals surface area (Å²) in [7, 11) is 1.60. The molecule has 0 aliphatic carbocycles. The number of β-amino-alcohol motifs (C(OH)–C–C–N with tert-alkyl or cyclic N) is 1. The van der Waals surface area contributed by atoms with Crippen molar-refractivity contribution in [1.29, 1.82) is 0 Å². The van der Waals surface area contributed by atoms with E-state index in [1.54, 1.807) is 49.6 Å². The van der Waals surface area contributed by atoms with Crippen molar-refractivity contribution in [2.75, 3.05) is 46.6 Å². The Labute approximate surface area is 200 Å². The van der Waals surface area contributed by atoms with Gasteiger partial charge in [-0.3, -0.25) is 9.69 Å². The van der Waals surface area contributed by atoms with E-state index in [1.165, 1.54) is 0 Å². The monoisotopic (exact) mass is 474 g/mol. The van der Waals surface area contributed by atoms with E-state index in [0.717, 1.165) is 5.75 Å². The highest BCUT2D eigenvalue weighted by molar-refractivity contribution is 5.76. The van der Waals surface area contributed by atoms with Crippen LogP contribution in [-0.2, 0) is 4.79 Å². The highest BCUT2D eigenvalue weighted by atomic mass is 16.6. The lowest BCUT2D eigenvalue weighted by Crippen LogP contribution is -2.47. The van der Waals surface area contributed by atoms with Crippen molar-refractivity contribution in [3.05, 3.63) is 48.0 Å². The first kappa shape index (κ1) is 24.1. The molecule has 4 rings (SSSR count). The third-order valence-corrected chi connectivity index (χ3v) is 5.99. The van der Waals surface area contributed by atoms with E-state index in [0.29, 0.717) is 62.1 Å². The standard InChI is InChI=1S/C25H32N2O7.H2/c1-31-19-3-5-20(6-4-19)32-11-9-24(29)26-21(16-27-10-8-18(28)15-27)25(30)17-2-7-22-23(14-17)34-13-12-33-22;/h2-7,14,18,21,25,28,30H,8-13,15-16H2,1H3,(H,26,29);1H/t18-,21+,25+;/m0./s1. The van der Waals surface area contributed by atoms with Crippen LogP contribution in [-0.4, -0.2) is 79.7 Å². The number of hydrogen-bond acceptors (Lipinski definition) is 8. The second-order valence-electron chi connectivity index (χ2n) is 8.50. The third kappa shape index (κ3) is 6.31. The number of hydrogen-bond donors (Lipinski definition) is 3. The van der Waals surface area contributed by atoms with Gasteiger partial charge in [0.15, 0.2) is 11.5 Å². The van der Waals surface area contributed by atoms with Crippen LogP contribution in [0.1, 0.15) is 25.9 Å². The Morgan fingerprint density at radius 2 is 1.91 bits per heavy atom. The molecule has 2 aliphatic rings. The topological polar surface area (TPSA) is 110 Å². The van der Waals surface area contributed by atoms with Gasteiger partial charge in [0, 0.05) is 21.1 Å². The highest BCUT2D eigenvalue weighted by Crippen LogP contribution is 2.33. The van der Waals surface area contributed by atoms with Crippen molar-refractivity contribution in [2.24, 2.45) is 0 Å². The largest absolute Gasteiger partial charge is 0.497 e. The molecule has 1 amide bonds. The molecule has 34 heavy (non-hydrogen) atoms. The number of nitrogens with zero attached hydrogens (tertiary/aromatic N) is 1. The SMILES string of the molecule is COc1ccc(OCCC(=O)N[C@H](CN2CC[C@H](O)C2)[C@H](O)c2ccc3c(c2)OCCO3)cc1.[HH]. The van der Waals surface area contributed by atoms with Gasteiger partial charge in [-0.1, -0.05) is 6.07 Å². The molecule has 0 saturated carbocycles. The summed E-state index contributed by atoms with van der Waals surface area (Å²) in [5.74, 6) is 2.37. The van der Waals surface area contributed by atoms with Gasteiger partial charge in [0.25, 0.3) is 0 Å². The number of aliphatic hydroxyl groups excluding tert-OH is 2. The predicted molar refractivity (Wildman–Crippen MR) is 127 cm³/mol. The van der Waals surface area contributed by atoms with Gasteiger partial charge in [-0.05, 0) is 48.4 Å². The third-order valence-electron chi connectivity index (χ3n) is 5.99. The molecule has 0 spiro atoms. The Kier molecular flexibility index (Phi) is 8.10. The molecule has 186 valence electrons. The van der Waals surface area contributed by atoms with Crippen molar-refractivity contribution in [1.82, 2.24) is 10.2 Å². The van der Waals surface area contributed by atoms with Crippen LogP contribution in [0, 0.1) is 0 Å². The predicted octanol–water partition coefficient (Wildman–Crippen LogP) is 1.77. The minimum Gasteiger partial charge on any atom is -0.497 e. The number of amides is 1. The first-order valence-electron chi connectivity index (χ1n) is 11.6. The Morgan fingerprint density at radius 1 is 1.18 bits per heavy atom. The van der Waals surface area contributed by atoms with E-state index >= 15 is 0 Å². The zero-order valence-electron chi connectivity index (χ0n) is 19.3. The second kappa shape index (κ2) is 11.4. The Balaban J connectivity index is 0.00000342. The van der Waals surface area contributed by atoms with Gasteiger partial charge >= 0.3 is 0 Å². The maximum atomic E-state index is 12.7. The minimum atomic E-state index is -0.958. The molecule has 0 radical (unpaired) electrons. The molecular formula is C25H34N2O7. The van der Waals surface area contributed by atoms with E-state index in [2.05, 4.69) is 5.32 Å². The van der Waals surface area contributed by atoms with Crippen molar-refractivity contribution in [3.8, 4) is 23.0 Å². The molecule has 2 heterocycles. The molecule has 2 aromatic rings. The summed E-state index contributed by atoms with van der Waals surface area (Å²) in [6.07, 6.45) is -0.532. The van der Waals surface area contributed by atoms with E-state index in [4.69, 9.17) is 18.9 Å². The molecule has 1 saturated heterocycles. The first-order valence-corrected chi connectivity index (χ1v) is 11.6. The zero-order chi connectivity index (χ0) is 23.9. The molecule has 2 aliphatic heterocycles. The van der Waals surface area contributed by atoms with Gasteiger partial charge in [0.1, 0.15) is 30.8 Å². The van der Waals surface area contributed by atoms with Crippen LogP contribution in [0.15, 0.2) is 42.5 Å². The van der Waals surface area contributed by atoms with Gasteiger partial charge in [0.2, 0.25) is 5.91 Å². The number of carbonyl (C=O) groups is 1. The van der Waals surface area contributed by atoms with Gasteiger partial charge in [-0.15, -0.1) is 0 Å². The van der Waals surface area contributed by atoms with Crippen molar-refractivity contribution < 1.29 is 35.4 Å². The van der Waals surface area contributed by atoms with Crippen molar-refractivity contribution in [2.45, 2.75) is 31.1 Å². The number of carbonyl (C=O) groups excluding carboxylic acids is 1. The molecule has 1 fully saturated rings. The van der Waals surface area contributed by atoms with Gasteiger partial charge in [-0.2, -0.15) is 0 Å². The minimum absolute atomic E-state index is 0.